The van der Waals surface area contributed by atoms with Crippen molar-refractivity contribution >= 4 is 29.7 Å². The monoisotopic (exact) mass is 440 g/mol. The van der Waals surface area contributed by atoms with Crippen molar-refractivity contribution in [2.45, 2.75) is 38.1 Å². The first-order valence-electron chi connectivity index (χ1n) is 11.3. The molecule has 2 fully saturated rings. The maximum Gasteiger partial charge on any atom is 0.264 e. The fourth-order valence-corrected chi connectivity index (χ4v) is 5.79. The van der Waals surface area contributed by atoms with E-state index in [1.54, 1.807) is 12.1 Å². The summed E-state index contributed by atoms with van der Waals surface area (Å²) in [6.07, 6.45) is 4.36. The lowest BCUT2D eigenvalue weighted by Gasteiger charge is -2.58. The van der Waals surface area contributed by atoms with Crippen LogP contribution in [0.2, 0.25) is 0 Å². The number of carbonyl (C=O) groups excluding carboxylic acids is 4. The zero-order valence-corrected chi connectivity index (χ0v) is 19.1. The van der Waals surface area contributed by atoms with Crippen LogP contribution in [-0.4, -0.2) is 80.6 Å². The molecule has 1 spiro atoms. The molecule has 1 aromatic carbocycles. The molecule has 4 rings (SSSR count). The molecule has 2 heterocycles. The van der Waals surface area contributed by atoms with E-state index >= 15 is 0 Å². The zero-order valence-electron chi connectivity index (χ0n) is 19.1. The van der Waals surface area contributed by atoms with Gasteiger partial charge in [-0.3, -0.25) is 19.3 Å². The van der Waals surface area contributed by atoms with Gasteiger partial charge in [0.1, 0.15) is 6.29 Å². The van der Waals surface area contributed by atoms with Crippen molar-refractivity contribution in [3.05, 3.63) is 29.3 Å². The van der Waals surface area contributed by atoms with Gasteiger partial charge in [0.15, 0.2) is 0 Å². The van der Waals surface area contributed by atoms with Crippen molar-refractivity contribution in [1.29, 1.82) is 0 Å². The van der Waals surface area contributed by atoms with E-state index < -0.39 is 17.9 Å². The van der Waals surface area contributed by atoms with Crippen LogP contribution in [0.4, 0.5) is 5.69 Å². The predicted molar refractivity (Wildman–Crippen MR) is 121 cm³/mol. The summed E-state index contributed by atoms with van der Waals surface area (Å²) in [6, 6.07) is 4.32. The van der Waals surface area contributed by atoms with Gasteiger partial charge in [0.05, 0.1) is 22.9 Å². The Labute approximate surface area is 188 Å². The zero-order chi connectivity index (χ0) is 23.0. The number of anilines is 1. The van der Waals surface area contributed by atoms with Gasteiger partial charge in [-0.25, -0.2) is 0 Å². The van der Waals surface area contributed by atoms with Gasteiger partial charge in [-0.1, -0.05) is 6.07 Å². The van der Waals surface area contributed by atoms with Gasteiger partial charge in [0.2, 0.25) is 5.91 Å². The molecule has 3 amide bonds. The molecule has 1 N–H and O–H groups in total. The Balaban J connectivity index is 1.43. The fraction of sp³-hybridized carbons (Fsp3) is 0.583. The molecular formula is C24H32N4O4. The SMILES string of the molecule is CNC(=O)CCC(C=O)N1C(=O)c2cccc(N(C)CCC3CC4(C3)CN(C)C4)c2C1=O. The number of aldehydes is 1. The number of nitrogens with zero attached hydrogens (tertiary/aromatic N) is 3. The molecule has 1 saturated carbocycles. The maximum absolute atomic E-state index is 13.2. The Hall–Kier alpha value is -2.74. The van der Waals surface area contributed by atoms with Crippen LogP contribution < -0.4 is 10.2 Å². The second kappa shape index (κ2) is 8.65. The summed E-state index contributed by atoms with van der Waals surface area (Å²) < 4.78 is 0. The highest BCUT2D eigenvalue weighted by Crippen LogP contribution is 2.52. The van der Waals surface area contributed by atoms with E-state index in [9.17, 15) is 19.2 Å². The highest BCUT2D eigenvalue weighted by Gasteiger charge is 2.50. The van der Waals surface area contributed by atoms with Crippen molar-refractivity contribution in [3.8, 4) is 0 Å². The molecular weight excluding hydrogens is 408 g/mol. The van der Waals surface area contributed by atoms with Crippen LogP contribution in [0.3, 0.4) is 0 Å². The Bertz CT molecular complexity index is 932. The summed E-state index contributed by atoms with van der Waals surface area (Å²) in [6.45, 7) is 3.22. The minimum Gasteiger partial charge on any atom is -0.374 e. The second-order valence-electron chi connectivity index (χ2n) is 9.75. The van der Waals surface area contributed by atoms with Gasteiger partial charge in [-0.15, -0.1) is 0 Å². The number of amides is 3. The van der Waals surface area contributed by atoms with Crippen molar-refractivity contribution in [2.75, 3.05) is 45.7 Å². The molecule has 1 aromatic rings. The van der Waals surface area contributed by atoms with Crippen LogP contribution in [0.1, 0.15) is 52.8 Å². The van der Waals surface area contributed by atoms with Gasteiger partial charge in [-0.05, 0) is 56.2 Å². The second-order valence-corrected chi connectivity index (χ2v) is 9.75. The molecule has 8 heteroatoms. The Morgan fingerprint density at radius 2 is 2.00 bits per heavy atom. The van der Waals surface area contributed by atoms with Crippen molar-refractivity contribution in [2.24, 2.45) is 11.3 Å². The van der Waals surface area contributed by atoms with E-state index in [4.69, 9.17) is 0 Å². The summed E-state index contributed by atoms with van der Waals surface area (Å²) in [4.78, 5) is 54.9. The third-order valence-corrected chi connectivity index (χ3v) is 7.30. The van der Waals surface area contributed by atoms with Crippen molar-refractivity contribution < 1.29 is 19.2 Å². The van der Waals surface area contributed by atoms with E-state index in [0.717, 1.165) is 23.6 Å². The first-order valence-corrected chi connectivity index (χ1v) is 11.3. The van der Waals surface area contributed by atoms with Crippen LogP contribution in [0, 0.1) is 11.3 Å². The maximum atomic E-state index is 13.2. The number of rotatable bonds is 9. The fourth-order valence-electron chi connectivity index (χ4n) is 5.79. The summed E-state index contributed by atoms with van der Waals surface area (Å²) in [5, 5.41) is 2.49. The molecule has 0 aromatic heterocycles. The normalized spacial score (nSPS) is 20.5. The minimum absolute atomic E-state index is 0.0682. The first-order chi connectivity index (χ1) is 15.3. The molecule has 2 aliphatic heterocycles. The van der Waals surface area contributed by atoms with Crippen LogP contribution >= 0.6 is 0 Å². The van der Waals surface area contributed by atoms with Gasteiger partial charge < -0.3 is 19.9 Å². The van der Waals surface area contributed by atoms with Crippen molar-refractivity contribution in [3.63, 3.8) is 0 Å². The van der Waals surface area contributed by atoms with E-state index in [1.165, 1.54) is 33.0 Å². The molecule has 0 bridgehead atoms. The number of nitrogens with one attached hydrogen (secondary N) is 1. The lowest BCUT2D eigenvalue weighted by molar-refractivity contribution is -0.121. The first kappa shape index (κ1) is 22.5. The predicted octanol–water partition coefficient (Wildman–Crippen LogP) is 1.54. The largest absolute Gasteiger partial charge is 0.374 e. The molecule has 0 radical (unpaired) electrons. The molecule has 1 unspecified atom stereocenters. The number of fused-ring (bicyclic) bond motifs is 1. The Morgan fingerprint density at radius 1 is 1.28 bits per heavy atom. The quantitative estimate of drug-likeness (QED) is 0.463. The van der Waals surface area contributed by atoms with E-state index in [1.807, 2.05) is 18.0 Å². The number of benzene rings is 1. The van der Waals surface area contributed by atoms with Gasteiger partial charge in [-0.2, -0.15) is 0 Å². The average Bonchev–Trinajstić information content (AvgIpc) is 2.99. The molecule has 32 heavy (non-hydrogen) atoms. The van der Waals surface area contributed by atoms with Gasteiger partial charge >= 0.3 is 0 Å². The number of likely N-dealkylation sites (tertiary alicyclic amines) is 1. The van der Waals surface area contributed by atoms with Crippen LogP contribution in [-0.2, 0) is 9.59 Å². The molecule has 3 aliphatic rings. The molecule has 8 nitrogen and oxygen atoms in total. The smallest absolute Gasteiger partial charge is 0.264 e. The lowest BCUT2D eigenvalue weighted by atomic mass is 9.57. The van der Waals surface area contributed by atoms with E-state index in [2.05, 4.69) is 17.3 Å². The van der Waals surface area contributed by atoms with Crippen LogP contribution in [0.15, 0.2) is 18.2 Å². The summed E-state index contributed by atoms with van der Waals surface area (Å²) >= 11 is 0. The minimum atomic E-state index is -0.954. The number of imide groups is 1. The van der Waals surface area contributed by atoms with E-state index in [0.29, 0.717) is 28.7 Å². The summed E-state index contributed by atoms with van der Waals surface area (Å²) in [5.74, 6) is -0.452. The van der Waals surface area contributed by atoms with Gasteiger partial charge in [0, 0.05) is 40.2 Å². The van der Waals surface area contributed by atoms with Gasteiger partial charge in [0.25, 0.3) is 11.8 Å². The number of hydrogen-bond acceptors (Lipinski definition) is 6. The average molecular weight is 441 g/mol. The Morgan fingerprint density at radius 3 is 2.62 bits per heavy atom. The number of carbonyl (C=O) groups is 4. The number of hydrogen-bond donors (Lipinski definition) is 1. The van der Waals surface area contributed by atoms with E-state index in [-0.39, 0.29) is 18.7 Å². The molecule has 1 aliphatic carbocycles. The topological polar surface area (TPSA) is 90.0 Å². The Kier molecular flexibility index (Phi) is 6.07. The lowest BCUT2D eigenvalue weighted by Crippen LogP contribution is -2.60. The van der Waals surface area contributed by atoms with Crippen LogP contribution in [0.5, 0.6) is 0 Å². The summed E-state index contributed by atoms with van der Waals surface area (Å²) in [7, 11) is 5.62. The third kappa shape index (κ3) is 3.92. The highest BCUT2D eigenvalue weighted by molar-refractivity contribution is 6.24. The molecule has 172 valence electrons. The standard InChI is InChI=1S/C24H32N4O4/c1-25-20(30)8-7-17(13-29)28-22(31)18-5-4-6-19(21(18)23(28)32)27(3)10-9-16-11-24(12-16)14-26(2)15-24/h4-6,13,16-17H,7-12,14-15H2,1-3H3,(H,25,30). The molecule has 1 atom stereocenters. The van der Waals surface area contributed by atoms with Crippen LogP contribution in [0.25, 0.3) is 0 Å². The summed E-state index contributed by atoms with van der Waals surface area (Å²) in [5.41, 5.74) is 1.95. The third-order valence-electron chi connectivity index (χ3n) is 7.30. The highest BCUT2D eigenvalue weighted by atomic mass is 16.2. The molecule has 1 saturated heterocycles. The van der Waals surface area contributed by atoms with Crippen molar-refractivity contribution in [1.82, 2.24) is 15.1 Å².